The average molecular weight is 431 g/mol. The molecule has 1 heterocycles. The van der Waals surface area contributed by atoms with Gasteiger partial charge in [0.05, 0.1) is 26.2 Å². The first-order valence-electron chi connectivity index (χ1n) is 10.6. The number of nitrogens with zero attached hydrogens (tertiary/aromatic N) is 1. The first-order chi connectivity index (χ1) is 15.6. The van der Waals surface area contributed by atoms with Crippen LogP contribution in [-0.2, 0) is 9.59 Å². The highest BCUT2D eigenvalue weighted by atomic mass is 16.5. The predicted octanol–water partition coefficient (Wildman–Crippen LogP) is 4.83. The van der Waals surface area contributed by atoms with Gasteiger partial charge in [0.15, 0.2) is 0 Å². The summed E-state index contributed by atoms with van der Waals surface area (Å²) in [6.07, 6.45) is 0.781. The van der Waals surface area contributed by atoms with Gasteiger partial charge in [-0.2, -0.15) is 0 Å². The van der Waals surface area contributed by atoms with Gasteiger partial charge in [-0.3, -0.25) is 9.59 Å². The maximum Gasteiger partial charge on any atom is 0.229 e. The third-order valence-corrected chi connectivity index (χ3v) is 5.78. The number of benzene rings is 3. The lowest BCUT2D eigenvalue weighted by atomic mass is 9.83. The molecule has 4 rings (SSSR count). The Labute approximate surface area is 187 Å². The molecule has 0 bridgehead atoms. The topological polar surface area (TPSA) is 67.9 Å². The molecule has 0 aromatic heterocycles. The lowest BCUT2D eigenvalue weighted by Crippen LogP contribution is -2.46. The zero-order chi connectivity index (χ0) is 22.5. The Kier molecular flexibility index (Phi) is 6.40. The van der Waals surface area contributed by atoms with Gasteiger partial charge in [0.25, 0.3) is 0 Å². The second kappa shape index (κ2) is 9.56. The van der Waals surface area contributed by atoms with E-state index in [2.05, 4.69) is 5.32 Å². The van der Waals surface area contributed by atoms with Crippen molar-refractivity contribution in [3.63, 3.8) is 0 Å². The summed E-state index contributed by atoms with van der Waals surface area (Å²) in [5, 5.41) is 3.02. The summed E-state index contributed by atoms with van der Waals surface area (Å²) < 4.78 is 10.5. The number of carbonyl (C=O) groups is 2. The zero-order valence-corrected chi connectivity index (χ0v) is 18.2. The van der Waals surface area contributed by atoms with Crippen LogP contribution in [0.2, 0.25) is 0 Å². The first kappa shape index (κ1) is 21.4. The molecule has 1 aliphatic heterocycles. The Hall–Kier alpha value is -3.80. The predicted molar refractivity (Wildman–Crippen MR) is 124 cm³/mol. The summed E-state index contributed by atoms with van der Waals surface area (Å²) in [7, 11) is 3.21. The number of methoxy groups -OCH3 is 2. The number of hydrogen-bond donors (Lipinski definition) is 1. The van der Waals surface area contributed by atoms with E-state index >= 15 is 0 Å². The standard InChI is InChI=1S/C26H26N2O4/c1-31-21-12-8-19(9-13-21)27-26(30)23-16-17-24(29)28(20-10-14-22(32-2)15-11-20)25(23)18-6-4-3-5-7-18/h3-15,23,25H,16-17H2,1-2H3,(H,27,30)/t23-,25+/m0/s1. The number of hydrogen-bond acceptors (Lipinski definition) is 4. The number of rotatable bonds is 6. The summed E-state index contributed by atoms with van der Waals surface area (Å²) in [5.41, 5.74) is 2.35. The van der Waals surface area contributed by atoms with Crippen LogP contribution in [0.25, 0.3) is 0 Å². The van der Waals surface area contributed by atoms with Crippen LogP contribution in [0.15, 0.2) is 78.9 Å². The van der Waals surface area contributed by atoms with Crippen LogP contribution in [0, 0.1) is 5.92 Å². The van der Waals surface area contributed by atoms with Crippen LogP contribution in [0.4, 0.5) is 11.4 Å². The fraction of sp³-hybridized carbons (Fsp3) is 0.231. The number of anilines is 2. The van der Waals surface area contributed by atoms with Crippen molar-refractivity contribution in [3.05, 3.63) is 84.4 Å². The SMILES string of the molecule is COc1ccc(NC(=O)[C@H]2CCC(=O)N(c3ccc(OC)cc3)[C@@H]2c2ccccc2)cc1. The molecule has 0 saturated carbocycles. The van der Waals surface area contributed by atoms with Gasteiger partial charge in [-0.15, -0.1) is 0 Å². The van der Waals surface area contributed by atoms with Crippen molar-refractivity contribution in [1.29, 1.82) is 0 Å². The Bertz CT molecular complexity index is 1070. The summed E-state index contributed by atoms with van der Waals surface area (Å²) in [4.78, 5) is 28.2. The molecule has 0 radical (unpaired) electrons. The zero-order valence-electron chi connectivity index (χ0n) is 18.2. The molecule has 3 aromatic rings. The molecule has 1 saturated heterocycles. The normalized spacial score (nSPS) is 18.2. The van der Waals surface area contributed by atoms with Gasteiger partial charge in [-0.1, -0.05) is 30.3 Å². The van der Waals surface area contributed by atoms with Gasteiger partial charge in [-0.05, 0) is 60.5 Å². The van der Waals surface area contributed by atoms with E-state index in [9.17, 15) is 9.59 Å². The second-order valence-electron chi connectivity index (χ2n) is 7.68. The molecule has 0 aliphatic carbocycles. The molecule has 2 atom stereocenters. The van der Waals surface area contributed by atoms with E-state index in [0.29, 0.717) is 24.3 Å². The fourth-order valence-electron chi connectivity index (χ4n) is 4.16. The Morgan fingerprint density at radius 1 is 0.875 bits per heavy atom. The highest BCUT2D eigenvalue weighted by Gasteiger charge is 2.41. The molecule has 0 unspecified atom stereocenters. The van der Waals surface area contributed by atoms with E-state index in [4.69, 9.17) is 9.47 Å². The van der Waals surface area contributed by atoms with E-state index in [1.165, 1.54) is 0 Å². The fourth-order valence-corrected chi connectivity index (χ4v) is 4.16. The van der Waals surface area contributed by atoms with E-state index < -0.39 is 12.0 Å². The molecule has 3 aromatic carbocycles. The van der Waals surface area contributed by atoms with Crippen molar-refractivity contribution in [1.82, 2.24) is 0 Å². The molecule has 1 aliphatic rings. The molecule has 164 valence electrons. The van der Waals surface area contributed by atoms with Crippen molar-refractivity contribution in [2.75, 3.05) is 24.4 Å². The Balaban J connectivity index is 1.68. The van der Waals surface area contributed by atoms with Crippen LogP contribution >= 0.6 is 0 Å². The van der Waals surface area contributed by atoms with Crippen molar-refractivity contribution in [2.24, 2.45) is 5.92 Å². The largest absolute Gasteiger partial charge is 0.497 e. The van der Waals surface area contributed by atoms with Gasteiger partial charge in [0.1, 0.15) is 11.5 Å². The molecule has 0 spiro atoms. The van der Waals surface area contributed by atoms with Gasteiger partial charge in [-0.25, -0.2) is 0 Å². The van der Waals surface area contributed by atoms with Crippen LogP contribution in [0.3, 0.4) is 0 Å². The number of piperidine rings is 1. The molecule has 6 heteroatoms. The van der Waals surface area contributed by atoms with E-state index in [0.717, 1.165) is 17.0 Å². The van der Waals surface area contributed by atoms with Crippen molar-refractivity contribution in [2.45, 2.75) is 18.9 Å². The first-order valence-corrected chi connectivity index (χ1v) is 10.6. The van der Waals surface area contributed by atoms with Crippen LogP contribution < -0.4 is 19.7 Å². The third kappa shape index (κ3) is 4.44. The monoisotopic (exact) mass is 430 g/mol. The summed E-state index contributed by atoms with van der Waals surface area (Å²) in [6.45, 7) is 0. The van der Waals surface area contributed by atoms with Gasteiger partial charge in [0.2, 0.25) is 11.8 Å². The Morgan fingerprint density at radius 2 is 1.47 bits per heavy atom. The van der Waals surface area contributed by atoms with Crippen molar-refractivity contribution < 1.29 is 19.1 Å². The molecule has 1 N–H and O–H groups in total. The van der Waals surface area contributed by atoms with E-state index in [-0.39, 0.29) is 11.8 Å². The second-order valence-corrected chi connectivity index (χ2v) is 7.68. The maximum absolute atomic E-state index is 13.4. The molecular weight excluding hydrogens is 404 g/mol. The summed E-state index contributed by atoms with van der Waals surface area (Å²) >= 11 is 0. The summed E-state index contributed by atoms with van der Waals surface area (Å²) in [5.74, 6) is 0.911. The minimum atomic E-state index is -0.413. The maximum atomic E-state index is 13.4. The smallest absolute Gasteiger partial charge is 0.229 e. The third-order valence-electron chi connectivity index (χ3n) is 5.78. The molecule has 32 heavy (non-hydrogen) atoms. The molecular formula is C26H26N2O4. The van der Waals surface area contributed by atoms with Crippen molar-refractivity contribution in [3.8, 4) is 11.5 Å². The van der Waals surface area contributed by atoms with Crippen LogP contribution in [0.5, 0.6) is 11.5 Å². The van der Waals surface area contributed by atoms with Crippen molar-refractivity contribution >= 4 is 23.2 Å². The van der Waals surface area contributed by atoms with Gasteiger partial charge in [0, 0.05) is 17.8 Å². The number of carbonyl (C=O) groups excluding carboxylic acids is 2. The lowest BCUT2D eigenvalue weighted by Gasteiger charge is -2.41. The summed E-state index contributed by atoms with van der Waals surface area (Å²) in [6, 6.07) is 23.9. The Morgan fingerprint density at radius 3 is 2.06 bits per heavy atom. The highest BCUT2D eigenvalue weighted by molar-refractivity contribution is 6.00. The molecule has 1 fully saturated rings. The number of nitrogens with one attached hydrogen (secondary N) is 1. The minimum absolute atomic E-state index is 0.00230. The van der Waals surface area contributed by atoms with E-state index in [1.807, 2.05) is 66.7 Å². The van der Waals surface area contributed by atoms with Gasteiger partial charge < -0.3 is 19.7 Å². The quantitative estimate of drug-likeness (QED) is 0.608. The van der Waals surface area contributed by atoms with Crippen LogP contribution in [-0.4, -0.2) is 26.0 Å². The average Bonchev–Trinajstić information content (AvgIpc) is 2.85. The van der Waals surface area contributed by atoms with Gasteiger partial charge >= 0.3 is 0 Å². The number of ether oxygens (including phenoxy) is 2. The highest BCUT2D eigenvalue weighted by Crippen LogP contribution is 2.40. The minimum Gasteiger partial charge on any atom is -0.497 e. The lowest BCUT2D eigenvalue weighted by molar-refractivity contribution is -0.125. The molecule has 2 amide bonds. The molecule has 6 nitrogen and oxygen atoms in total. The van der Waals surface area contributed by atoms with Crippen LogP contribution in [0.1, 0.15) is 24.4 Å². The van der Waals surface area contributed by atoms with E-state index in [1.54, 1.807) is 31.3 Å². The number of amides is 2.